The summed E-state index contributed by atoms with van der Waals surface area (Å²) in [5, 5.41) is 5.40. The van der Waals surface area contributed by atoms with Crippen LogP contribution in [0, 0.1) is 29.4 Å². The Morgan fingerprint density at radius 3 is 2.57 bits per heavy atom. The van der Waals surface area contributed by atoms with Crippen molar-refractivity contribution in [3.63, 3.8) is 0 Å². The summed E-state index contributed by atoms with van der Waals surface area (Å²) in [6, 6.07) is 3.52. The fourth-order valence-electron chi connectivity index (χ4n) is 3.80. The Morgan fingerprint density at radius 1 is 1.19 bits per heavy atom. The highest BCUT2D eigenvalue weighted by Gasteiger charge is 2.38. The Balaban J connectivity index is 1.44. The van der Waals surface area contributed by atoms with E-state index in [2.05, 4.69) is 10.6 Å². The van der Waals surface area contributed by atoms with E-state index in [1.807, 2.05) is 0 Å². The lowest BCUT2D eigenvalue weighted by atomic mass is 9.89. The second-order valence-corrected chi connectivity index (χ2v) is 6.21. The van der Waals surface area contributed by atoms with Crippen molar-refractivity contribution < 1.29 is 13.6 Å². The van der Waals surface area contributed by atoms with Gasteiger partial charge in [-0.3, -0.25) is 4.79 Å². The number of nitrogens with one attached hydrogen (secondary N) is 2. The molecule has 3 unspecified atom stereocenters. The Kier molecular flexibility index (Phi) is 4.19. The highest BCUT2D eigenvalue weighted by molar-refractivity contribution is 5.92. The molecule has 3 atom stereocenters. The number of anilines is 1. The predicted octanol–water partition coefficient (Wildman–Crippen LogP) is 2.93. The van der Waals surface area contributed by atoms with Gasteiger partial charge in [-0.1, -0.05) is 12.5 Å². The summed E-state index contributed by atoms with van der Waals surface area (Å²) in [7, 11) is 0. The number of carbonyl (C=O) groups is 1. The fourth-order valence-corrected chi connectivity index (χ4v) is 3.80. The van der Waals surface area contributed by atoms with Crippen LogP contribution < -0.4 is 10.6 Å². The minimum Gasteiger partial charge on any atom is -0.320 e. The zero-order valence-corrected chi connectivity index (χ0v) is 11.9. The van der Waals surface area contributed by atoms with Crippen molar-refractivity contribution in [3.8, 4) is 0 Å². The van der Waals surface area contributed by atoms with Crippen LogP contribution in [0.5, 0.6) is 0 Å². The fraction of sp³-hybridized carbons (Fsp3) is 0.562. The van der Waals surface area contributed by atoms with E-state index in [4.69, 9.17) is 0 Å². The number of para-hydroxylation sites is 1. The van der Waals surface area contributed by atoms with Crippen LogP contribution in [0.15, 0.2) is 18.2 Å². The molecular formula is C16H20F2N2O. The molecule has 1 aromatic carbocycles. The summed E-state index contributed by atoms with van der Waals surface area (Å²) >= 11 is 0. The lowest BCUT2D eigenvalue weighted by Gasteiger charge is -2.21. The second-order valence-electron chi connectivity index (χ2n) is 6.21. The molecule has 1 amide bonds. The zero-order chi connectivity index (χ0) is 14.8. The third-order valence-corrected chi connectivity index (χ3v) is 4.80. The van der Waals surface area contributed by atoms with Crippen molar-refractivity contribution in [1.29, 1.82) is 0 Å². The number of hydrogen-bond donors (Lipinski definition) is 2. The first-order valence-electron chi connectivity index (χ1n) is 7.58. The van der Waals surface area contributed by atoms with Crippen molar-refractivity contribution in [3.05, 3.63) is 29.8 Å². The third-order valence-electron chi connectivity index (χ3n) is 4.80. The first-order valence-corrected chi connectivity index (χ1v) is 7.58. The molecule has 114 valence electrons. The van der Waals surface area contributed by atoms with Gasteiger partial charge in [-0.25, -0.2) is 8.78 Å². The SMILES string of the molecule is O=C(CNCC1CC2CCC1C2)Nc1c(F)cccc1F. The number of fused-ring (bicyclic) bond motifs is 2. The number of benzene rings is 1. The standard InChI is InChI=1S/C16H20F2N2O/c17-13-2-1-3-14(18)16(13)20-15(21)9-19-8-12-7-10-4-5-11(12)6-10/h1-3,10-12,19H,4-9H2,(H,20,21). The van der Waals surface area contributed by atoms with Crippen molar-refractivity contribution >= 4 is 11.6 Å². The molecule has 0 saturated heterocycles. The molecule has 2 aliphatic carbocycles. The Labute approximate surface area is 123 Å². The summed E-state index contributed by atoms with van der Waals surface area (Å²) < 4.78 is 26.8. The lowest BCUT2D eigenvalue weighted by molar-refractivity contribution is -0.115. The average Bonchev–Trinajstić information content (AvgIpc) is 3.05. The minimum atomic E-state index is -0.753. The molecule has 0 radical (unpaired) electrons. The van der Waals surface area contributed by atoms with Crippen molar-refractivity contribution in [1.82, 2.24) is 5.32 Å². The van der Waals surface area contributed by atoms with Crippen LogP contribution in [0.2, 0.25) is 0 Å². The molecule has 21 heavy (non-hydrogen) atoms. The summed E-state index contributed by atoms with van der Waals surface area (Å²) in [6.07, 6.45) is 5.25. The van der Waals surface area contributed by atoms with E-state index in [1.165, 1.54) is 31.7 Å². The number of carbonyl (C=O) groups excluding carboxylic acids is 1. The molecule has 1 aromatic rings. The van der Waals surface area contributed by atoms with Gasteiger partial charge < -0.3 is 10.6 Å². The van der Waals surface area contributed by atoms with E-state index < -0.39 is 17.5 Å². The molecule has 0 spiro atoms. The molecule has 2 N–H and O–H groups in total. The van der Waals surface area contributed by atoms with Crippen LogP contribution in [-0.2, 0) is 4.79 Å². The number of halogens is 2. The Morgan fingerprint density at radius 2 is 1.95 bits per heavy atom. The molecule has 2 fully saturated rings. The van der Waals surface area contributed by atoms with Crippen LogP contribution >= 0.6 is 0 Å². The normalized spacial score (nSPS) is 27.0. The van der Waals surface area contributed by atoms with Gasteiger partial charge in [0, 0.05) is 0 Å². The first kappa shape index (κ1) is 14.4. The van der Waals surface area contributed by atoms with E-state index in [0.717, 1.165) is 30.5 Å². The molecule has 0 heterocycles. The van der Waals surface area contributed by atoms with E-state index in [9.17, 15) is 13.6 Å². The molecule has 2 aliphatic rings. The number of rotatable bonds is 5. The van der Waals surface area contributed by atoms with Gasteiger partial charge in [0.05, 0.1) is 6.54 Å². The number of hydrogen-bond acceptors (Lipinski definition) is 2. The second kappa shape index (κ2) is 6.10. The van der Waals surface area contributed by atoms with Crippen LogP contribution in [0.3, 0.4) is 0 Å². The van der Waals surface area contributed by atoms with Crippen LogP contribution in [-0.4, -0.2) is 19.0 Å². The van der Waals surface area contributed by atoms with E-state index in [0.29, 0.717) is 5.92 Å². The summed E-state index contributed by atoms with van der Waals surface area (Å²) in [4.78, 5) is 11.7. The Bertz CT molecular complexity index is 515. The monoisotopic (exact) mass is 294 g/mol. The Hall–Kier alpha value is -1.49. The predicted molar refractivity (Wildman–Crippen MR) is 76.8 cm³/mol. The van der Waals surface area contributed by atoms with Crippen LogP contribution in [0.25, 0.3) is 0 Å². The maximum Gasteiger partial charge on any atom is 0.238 e. The maximum atomic E-state index is 13.4. The molecule has 0 aromatic heterocycles. The third kappa shape index (κ3) is 3.23. The first-order chi connectivity index (χ1) is 10.1. The largest absolute Gasteiger partial charge is 0.320 e. The van der Waals surface area contributed by atoms with E-state index in [-0.39, 0.29) is 12.2 Å². The zero-order valence-electron chi connectivity index (χ0n) is 11.9. The molecule has 5 heteroatoms. The lowest BCUT2D eigenvalue weighted by Crippen LogP contribution is -2.33. The van der Waals surface area contributed by atoms with Gasteiger partial charge in [0.1, 0.15) is 17.3 Å². The molecule has 2 saturated carbocycles. The van der Waals surface area contributed by atoms with E-state index >= 15 is 0 Å². The molecule has 3 nitrogen and oxygen atoms in total. The van der Waals surface area contributed by atoms with Crippen molar-refractivity contribution in [2.75, 3.05) is 18.4 Å². The highest BCUT2D eigenvalue weighted by Crippen LogP contribution is 2.47. The maximum absolute atomic E-state index is 13.4. The van der Waals surface area contributed by atoms with Crippen LogP contribution in [0.1, 0.15) is 25.7 Å². The molecule has 0 aliphatic heterocycles. The average molecular weight is 294 g/mol. The van der Waals surface area contributed by atoms with Crippen LogP contribution in [0.4, 0.5) is 14.5 Å². The van der Waals surface area contributed by atoms with Gasteiger partial charge in [-0.05, 0) is 55.7 Å². The van der Waals surface area contributed by atoms with Gasteiger partial charge in [-0.15, -0.1) is 0 Å². The highest BCUT2D eigenvalue weighted by atomic mass is 19.1. The minimum absolute atomic E-state index is 0.0850. The topological polar surface area (TPSA) is 41.1 Å². The molecule has 3 rings (SSSR count). The smallest absolute Gasteiger partial charge is 0.238 e. The summed E-state index contributed by atoms with van der Waals surface area (Å²) in [5.74, 6) is 0.412. The summed E-state index contributed by atoms with van der Waals surface area (Å²) in [5.41, 5.74) is -0.371. The van der Waals surface area contributed by atoms with Gasteiger partial charge in [0.2, 0.25) is 5.91 Å². The van der Waals surface area contributed by atoms with Gasteiger partial charge in [0.25, 0.3) is 0 Å². The van der Waals surface area contributed by atoms with Gasteiger partial charge in [-0.2, -0.15) is 0 Å². The molecule has 2 bridgehead atoms. The summed E-state index contributed by atoms with van der Waals surface area (Å²) in [6.45, 7) is 0.899. The van der Waals surface area contributed by atoms with Gasteiger partial charge in [0.15, 0.2) is 0 Å². The van der Waals surface area contributed by atoms with E-state index in [1.54, 1.807) is 0 Å². The van der Waals surface area contributed by atoms with Crippen molar-refractivity contribution in [2.24, 2.45) is 17.8 Å². The van der Waals surface area contributed by atoms with Gasteiger partial charge >= 0.3 is 0 Å². The quantitative estimate of drug-likeness (QED) is 0.876. The molecular weight excluding hydrogens is 274 g/mol. The number of amides is 1. The van der Waals surface area contributed by atoms with Crippen molar-refractivity contribution in [2.45, 2.75) is 25.7 Å².